The Kier molecular flexibility index (Phi) is 3.24. The van der Waals surface area contributed by atoms with E-state index in [1.807, 2.05) is 19.1 Å². The van der Waals surface area contributed by atoms with Crippen molar-refractivity contribution in [1.29, 1.82) is 0 Å². The highest BCUT2D eigenvalue weighted by Gasteiger charge is 2.10. The summed E-state index contributed by atoms with van der Waals surface area (Å²) in [6.07, 6.45) is 2.96. The van der Waals surface area contributed by atoms with Gasteiger partial charge in [0.1, 0.15) is 5.82 Å². The monoisotopic (exact) mass is 255 g/mol. The van der Waals surface area contributed by atoms with Crippen molar-refractivity contribution in [3.05, 3.63) is 64.5 Å². The normalized spacial score (nSPS) is 13.8. The van der Waals surface area contributed by atoms with E-state index >= 15 is 0 Å². The van der Waals surface area contributed by atoms with Crippen LogP contribution in [-0.4, -0.2) is 6.54 Å². The number of hydrogen-bond donors (Lipinski definition) is 1. The minimum atomic E-state index is -0.110. The topological polar surface area (TPSA) is 12.0 Å². The van der Waals surface area contributed by atoms with Gasteiger partial charge in [0.15, 0.2) is 0 Å². The molecule has 0 saturated heterocycles. The fourth-order valence-electron chi connectivity index (χ4n) is 2.70. The summed E-state index contributed by atoms with van der Waals surface area (Å²) in [5, 5.41) is 3.40. The fourth-order valence-corrected chi connectivity index (χ4v) is 2.70. The van der Waals surface area contributed by atoms with Crippen LogP contribution >= 0.6 is 0 Å². The number of fused-ring (bicyclic) bond motifs is 1. The Morgan fingerprint density at radius 3 is 2.95 bits per heavy atom. The van der Waals surface area contributed by atoms with Gasteiger partial charge in [-0.1, -0.05) is 29.8 Å². The van der Waals surface area contributed by atoms with Gasteiger partial charge >= 0.3 is 0 Å². The molecule has 19 heavy (non-hydrogen) atoms. The fraction of sp³-hybridized carbons (Fsp3) is 0.294. The highest BCUT2D eigenvalue weighted by atomic mass is 19.1. The Labute approximate surface area is 113 Å². The molecular weight excluding hydrogens is 237 g/mol. The minimum Gasteiger partial charge on any atom is -0.385 e. The zero-order valence-electron chi connectivity index (χ0n) is 11.2. The van der Waals surface area contributed by atoms with Crippen molar-refractivity contribution < 1.29 is 4.39 Å². The van der Waals surface area contributed by atoms with Crippen LogP contribution in [0.1, 0.15) is 28.7 Å². The molecule has 0 spiro atoms. The summed E-state index contributed by atoms with van der Waals surface area (Å²) < 4.78 is 13.8. The maximum Gasteiger partial charge on any atom is 0.126 e. The predicted molar refractivity (Wildman–Crippen MR) is 77.2 cm³/mol. The smallest absolute Gasteiger partial charge is 0.126 e. The zero-order chi connectivity index (χ0) is 13.2. The van der Waals surface area contributed by atoms with Gasteiger partial charge in [-0.2, -0.15) is 0 Å². The summed E-state index contributed by atoms with van der Waals surface area (Å²) in [5.41, 5.74) is 5.67. The molecule has 2 aromatic carbocycles. The Morgan fingerprint density at radius 1 is 1.16 bits per heavy atom. The molecule has 98 valence electrons. The molecule has 0 saturated carbocycles. The number of halogens is 1. The lowest BCUT2D eigenvalue weighted by Gasteiger charge is -2.18. The molecule has 2 heteroatoms. The number of rotatable bonds is 2. The number of benzene rings is 2. The Bertz CT molecular complexity index is 604. The van der Waals surface area contributed by atoms with Crippen molar-refractivity contribution in [2.24, 2.45) is 0 Å². The van der Waals surface area contributed by atoms with Gasteiger partial charge in [-0.25, -0.2) is 4.39 Å². The van der Waals surface area contributed by atoms with Crippen molar-refractivity contribution in [2.45, 2.75) is 26.2 Å². The molecule has 0 atom stereocenters. The molecule has 1 nitrogen and oxygen atoms in total. The molecule has 0 fully saturated rings. The molecule has 0 aliphatic carbocycles. The second kappa shape index (κ2) is 5.04. The van der Waals surface area contributed by atoms with Crippen LogP contribution < -0.4 is 5.32 Å². The van der Waals surface area contributed by atoms with Crippen molar-refractivity contribution in [3.8, 4) is 0 Å². The molecule has 0 amide bonds. The van der Waals surface area contributed by atoms with Gasteiger partial charge in [0.2, 0.25) is 0 Å². The first-order chi connectivity index (χ1) is 9.22. The third-order valence-corrected chi connectivity index (χ3v) is 3.70. The summed E-state index contributed by atoms with van der Waals surface area (Å²) in [7, 11) is 0. The van der Waals surface area contributed by atoms with E-state index < -0.39 is 0 Å². The van der Waals surface area contributed by atoms with Gasteiger partial charge in [-0.15, -0.1) is 0 Å². The van der Waals surface area contributed by atoms with Crippen LogP contribution in [0.4, 0.5) is 10.1 Å². The maximum atomic E-state index is 13.8. The molecular formula is C17H18FN. The van der Waals surface area contributed by atoms with Gasteiger partial charge in [-0.3, -0.25) is 0 Å². The Morgan fingerprint density at radius 2 is 2.05 bits per heavy atom. The van der Waals surface area contributed by atoms with Crippen LogP contribution in [0.2, 0.25) is 0 Å². The van der Waals surface area contributed by atoms with E-state index in [9.17, 15) is 4.39 Å². The number of nitrogens with one attached hydrogen (secondary N) is 1. The highest BCUT2D eigenvalue weighted by Crippen LogP contribution is 2.24. The molecule has 0 unspecified atom stereocenters. The third-order valence-electron chi connectivity index (χ3n) is 3.70. The summed E-state index contributed by atoms with van der Waals surface area (Å²) in [4.78, 5) is 0. The molecule has 2 aromatic rings. The summed E-state index contributed by atoms with van der Waals surface area (Å²) in [6, 6.07) is 11.7. The lowest BCUT2D eigenvalue weighted by molar-refractivity contribution is 0.613. The lowest BCUT2D eigenvalue weighted by atomic mass is 9.97. The van der Waals surface area contributed by atoms with Crippen LogP contribution in [0.15, 0.2) is 36.4 Å². The second-order valence-corrected chi connectivity index (χ2v) is 5.29. The van der Waals surface area contributed by atoms with E-state index in [1.54, 1.807) is 6.07 Å². The largest absolute Gasteiger partial charge is 0.385 e. The number of hydrogen-bond acceptors (Lipinski definition) is 1. The molecule has 0 radical (unpaired) electrons. The lowest BCUT2D eigenvalue weighted by Crippen LogP contribution is -2.11. The van der Waals surface area contributed by atoms with E-state index in [4.69, 9.17) is 0 Å². The quantitative estimate of drug-likeness (QED) is 0.852. The van der Waals surface area contributed by atoms with Crippen LogP contribution in [0.3, 0.4) is 0 Å². The second-order valence-electron chi connectivity index (χ2n) is 5.29. The molecule has 0 bridgehead atoms. The zero-order valence-corrected chi connectivity index (χ0v) is 11.2. The number of aryl methyl sites for hydroxylation is 2. The first-order valence-corrected chi connectivity index (χ1v) is 6.83. The molecule has 1 aliphatic heterocycles. The highest BCUT2D eigenvalue weighted by molar-refractivity contribution is 5.54. The standard InChI is InChI=1S/C17H18FN/c1-12-4-6-16(18)15(9-12)11-13-5-7-17-14(10-13)3-2-8-19-17/h4-7,9-10,19H,2-3,8,11H2,1H3. The van der Waals surface area contributed by atoms with E-state index in [0.717, 1.165) is 24.1 Å². The van der Waals surface area contributed by atoms with Crippen molar-refractivity contribution in [3.63, 3.8) is 0 Å². The van der Waals surface area contributed by atoms with Crippen LogP contribution in [0.25, 0.3) is 0 Å². The molecule has 3 rings (SSSR count). The van der Waals surface area contributed by atoms with Crippen LogP contribution in [0, 0.1) is 12.7 Å². The van der Waals surface area contributed by atoms with Gasteiger partial charge in [0, 0.05) is 18.7 Å². The van der Waals surface area contributed by atoms with E-state index in [1.165, 1.54) is 23.2 Å². The van der Waals surface area contributed by atoms with Crippen molar-refractivity contribution >= 4 is 5.69 Å². The molecule has 1 heterocycles. The molecule has 1 aliphatic rings. The predicted octanol–water partition coefficient (Wildman–Crippen LogP) is 4.08. The molecule has 1 N–H and O–H groups in total. The number of anilines is 1. The average Bonchev–Trinajstić information content (AvgIpc) is 2.43. The first kappa shape index (κ1) is 12.2. The van der Waals surface area contributed by atoms with E-state index in [-0.39, 0.29) is 5.82 Å². The van der Waals surface area contributed by atoms with Gasteiger partial charge in [-0.05, 0) is 48.6 Å². The van der Waals surface area contributed by atoms with E-state index in [2.05, 4.69) is 23.5 Å². The van der Waals surface area contributed by atoms with Gasteiger partial charge in [0.05, 0.1) is 0 Å². The third kappa shape index (κ3) is 2.62. The van der Waals surface area contributed by atoms with Gasteiger partial charge in [0.25, 0.3) is 0 Å². The van der Waals surface area contributed by atoms with Gasteiger partial charge < -0.3 is 5.32 Å². The summed E-state index contributed by atoms with van der Waals surface area (Å²) in [6.45, 7) is 3.05. The first-order valence-electron chi connectivity index (χ1n) is 6.83. The summed E-state index contributed by atoms with van der Waals surface area (Å²) in [5.74, 6) is -0.110. The SMILES string of the molecule is Cc1ccc(F)c(Cc2ccc3c(c2)CCCN3)c1. The molecule has 0 aromatic heterocycles. The summed E-state index contributed by atoms with van der Waals surface area (Å²) >= 11 is 0. The average molecular weight is 255 g/mol. The van der Waals surface area contributed by atoms with Crippen LogP contribution in [0.5, 0.6) is 0 Å². The maximum absolute atomic E-state index is 13.8. The minimum absolute atomic E-state index is 0.110. The Hall–Kier alpha value is -1.83. The van der Waals surface area contributed by atoms with Crippen LogP contribution in [-0.2, 0) is 12.8 Å². The van der Waals surface area contributed by atoms with E-state index in [0.29, 0.717) is 6.42 Å². The van der Waals surface area contributed by atoms with Crippen molar-refractivity contribution in [2.75, 3.05) is 11.9 Å². The Balaban J connectivity index is 1.89. The van der Waals surface area contributed by atoms with Crippen molar-refractivity contribution in [1.82, 2.24) is 0 Å².